The van der Waals surface area contributed by atoms with E-state index in [0.717, 1.165) is 25.0 Å². The van der Waals surface area contributed by atoms with Crippen molar-refractivity contribution in [3.63, 3.8) is 0 Å². The minimum atomic E-state index is -3.22. The van der Waals surface area contributed by atoms with Crippen LogP contribution in [0.5, 0.6) is 0 Å². The van der Waals surface area contributed by atoms with Crippen LogP contribution in [0.4, 0.5) is 0 Å². The molecule has 6 heteroatoms. The third kappa shape index (κ3) is 4.85. The number of hydrogen-bond donors (Lipinski definition) is 2. The number of aliphatic hydroxyl groups is 1. The van der Waals surface area contributed by atoms with E-state index in [1.165, 1.54) is 0 Å². The highest BCUT2D eigenvalue weighted by Crippen LogP contribution is 2.27. The number of hydrogen-bond acceptors (Lipinski definition) is 4. The Morgan fingerprint density at radius 3 is 2.75 bits per heavy atom. The number of nitrogens with one attached hydrogen (secondary N) is 1. The molecule has 0 saturated heterocycles. The molecule has 2 N–H and O–H groups in total. The lowest BCUT2D eigenvalue weighted by molar-refractivity contribution is 0.226. The van der Waals surface area contributed by atoms with Gasteiger partial charge in [0.1, 0.15) is 0 Å². The van der Waals surface area contributed by atoms with Gasteiger partial charge in [0.25, 0.3) is 0 Å². The van der Waals surface area contributed by atoms with Crippen LogP contribution in [-0.4, -0.2) is 37.4 Å². The Labute approximate surface area is 120 Å². The van der Waals surface area contributed by atoms with Gasteiger partial charge in [-0.25, -0.2) is 13.1 Å². The molecule has 1 atom stereocenters. The Kier molecular flexibility index (Phi) is 5.51. The van der Waals surface area contributed by atoms with Crippen molar-refractivity contribution in [2.24, 2.45) is 11.8 Å². The average Bonchev–Trinajstić information content (AvgIpc) is 2.40. The third-order valence-corrected chi connectivity index (χ3v) is 5.27. The highest BCUT2D eigenvalue weighted by Gasteiger charge is 2.24. The summed E-state index contributed by atoms with van der Waals surface area (Å²) in [5.41, 5.74) is 0.866. The van der Waals surface area contributed by atoms with Crippen LogP contribution >= 0.6 is 0 Å². The first-order valence-corrected chi connectivity index (χ1v) is 8.72. The van der Waals surface area contributed by atoms with Crippen molar-refractivity contribution in [2.75, 3.05) is 18.9 Å². The largest absolute Gasteiger partial charge is 0.396 e. The lowest BCUT2D eigenvalue weighted by atomic mass is 9.87. The molecular formula is C14H22N2O3S. The number of nitrogens with zero attached hydrogens (tertiary/aromatic N) is 1. The molecule has 0 aromatic carbocycles. The van der Waals surface area contributed by atoms with E-state index in [-0.39, 0.29) is 24.8 Å². The number of aromatic nitrogens is 1. The van der Waals surface area contributed by atoms with Gasteiger partial charge in [0.05, 0.1) is 5.75 Å². The summed E-state index contributed by atoms with van der Waals surface area (Å²) in [5, 5.41) is 9.36. The molecule has 1 fully saturated rings. The Morgan fingerprint density at radius 2 is 2.20 bits per heavy atom. The monoisotopic (exact) mass is 298 g/mol. The van der Waals surface area contributed by atoms with Crippen LogP contribution in [0, 0.1) is 11.8 Å². The van der Waals surface area contributed by atoms with E-state index < -0.39 is 10.0 Å². The molecule has 1 heterocycles. The topological polar surface area (TPSA) is 79.3 Å². The Balaban J connectivity index is 1.80. The molecule has 0 bridgehead atoms. The van der Waals surface area contributed by atoms with E-state index in [9.17, 15) is 13.5 Å². The molecule has 1 aromatic rings. The lowest BCUT2D eigenvalue weighted by Crippen LogP contribution is -2.36. The lowest BCUT2D eigenvalue weighted by Gasteiger charge is -2.25. The van der Waals surface area contributed by atoms with Crippen LogP contribution in [0.25, 0.3) is 0 Å². The quantitative estimate of drug-likeness (QED) is 0.749. The number of rotatable bonds is 8. The summed E-state index contributed by atoms with van der Waals surface area (Å²) in [4.78, 5) is 4.19. The fourth-order valence-corrected chi connectivity index (χ4v) is 3.85. The molecule has 2 rings (SSSR count). The van der Waals surface area contributed by atoms with Crippen molar-refractivity contribution in [2.45, 2.75) is 25.7 Å². The highest BCUT2D eigenvalue weighted by molar-refractivity contribution is 7.89. The molecule has 1 aromatic heterocycles. The van der Waals surface area contributed by atoms with Gasteiger partial charge in [-0.3, -0.25) is 4.98 Å². The molecule has 20 heavy (non-hydrogen) atoms. The average molecular weight is 298 g/mol. The van der Waals surface area contributed by atoms with Gasteiger partial charge < -0.3 is 5.11 Å². The maximum Gasteiger partial charge on any atom is 0.211 e. The van der Waals surface area contributed by atoms with Gasteiger partial charge in [0, 0.05) is 31.0 Å². The number of pyridine rings is 1. The molecule has 1 aliphatic carbocycles. The van der Waals surface area contributed by atoms with Crippen molar-refractivity contribution < 1.29 is 13.5 Å². The van der Waals surface area contributed by atoms with Gasteiger partial charge in [-0.1, -0.05) is 12.5 Å². The third-order valence-electron chi connectivity index (χ3n) is 3.75. The fourth-order valence-electron chi connectivity index (χ4n) is 2.29. The van der Waals surface area contributed by atoms with Crippen molar-refractivity contribution in [1.82, 2.24) is 9.71 Å². The highest BCUT2D eigenvalue weighted by atomic mass is 32.2. The predicted molar refractivity (Wildman–Crippen MR) is 77.6 cm³/mol. The van der Waals surface area contributed by atoms with Gasteiger partial charge in [0.2, 0.25) is 10.0 Å². The smallest absolute Gasteiger partial charge is 0.211 e. The summed E-state index contributed by atoms with van der Waals surface area (Å²) in [5.74, 6) is 0.395. The van der Waals surface area contributed by atoms with Gasteiger partial charge >= 0.3 is 0 Å². The zero-order valence-corrected chi connectivity index (χ0v) is 12.3. The number of aliphatic hydroxyl groups excluding tert-OH is 1. The van der Waals surface area contributed by atoms with E-state index in [0.29, 0.717) is 12.3 Å². The molecule has 1 saturated carbocycles. The molecule has 1 aliphatic rings. The summed E-state index contributed by atoms with van der Waals surface area (Å²) in [7, 11) is -3.22. The van der Waals surface area contributed by atoms with E-state index in [1.807, 2.05) is 18.2 Å². The van der Waals surface area contributed by atoms with Crippen molar-refractivity contribution >= 4 is 10.0 Å². The van der Waals surface area contributed by atoms with E-state index in [2.05, 4.69) is 9.71 Å². The van der Waals surface area contributed by atoms with Crippen LogP contribution in [0.3, 0.4) is 0 Å². The van der Waals surface area contributed by atoms with E-state index in [4.69, 9.17) is 0 Å². The van der Waals surface area contributed by atoms with Crippen LogP contribution in [0.1, 0.15) is 25.0 Å². The molecular weight excluding hydrogens is 276 g/mol. The molecule has 0 amide bonds. The van der Waals surface area contributed by atoms with Gasteiger partial charge in [-0.05, 0) is 37.3 Å². The minimum Gasteiger partial charge on any atom is -0.396 e. The van der Waals surface area contributed by atoms with Crippen LogP contribution in [-0.2, 0) is 16.4 Å². The summed E-state index contributed by atoms with van der Waals surface area (Å²) >= 11 is 0. The molecule has 112 valence electrons. The predicted octanol–water partition coefficient (Wildman–Crippen LogP) is 0.952. The second-order valence-electron chi connectivity index (χ2n) is 5.50. The normalized spacial score (nSPS) is 17.6. The summed E-state index contributed by atoms with van der Waals surface area (Å²) in [6.07, 6.45) is 5.43. The van der Waals surface area contributed by atoms with Crippen molar-refractivity contribution in [1.29, 1.82) is 0 Å². The summed E-state index contributed by atoms with van der Waals surface area (Å²) in [6.45, 7) is 0.213. The molecule has 0 aliphatic heterocycles. The second kappa shape index (κ2) is 7.15. The van der Waals surface area contributed by atoms with Crippen molar-refractivity contribution in [3.05, 3.63) is 30.1 Å². The maximum atomic E-state index is 11.9. The Morgan fingerprint density at radius 1 is 1.40 bits per heavy atom. The van der Waals surface area contributed by atoms with Crippen LogP contribution < -0.4 is 4.72 Å². The Bertz CT molecular complexity index is 500. The molecule has 1 unspecified atom stereocenters. The first-order chi connectivity index (χ1) is 9.59. The zero-order chi connectivity index (χ0) is 14.4. The van der Waals surface area contributed by atoms with Gasteiger partial charge in [-0.15, -0.1) is 0 Å². The molecule has 0 radical (unpaired) electrons. The minimum absolute atomic E-state index is 0.0531. The van der Waals surface area contributed by atoms with E-state index >= 15 is 0 Å². The van der Waals surface area contributed by atoms with Crippen molar-refractivity contribution in [3.8, 4) is 0 Å². The van der Waals surface area contributed by atoms with Gasteiger partial charge in [0.15, 0.2) is 0 Å². The molecule has 0 spiro atoms. The fraction of sp³-hybridized carbons (Fsp3) is 0.643. The van der Waals surface area contributed by atoms with Crippen LogP contribution in [0.15, 0.2) is 24.4 Å². The standard InChI is InChI=1S/C14H22N2O3S/c17-10-13(8-14-6-1-2-7-15-14)9-16-20(18,19)11-12-4-3-5-12/h1-2,6-7,12-13,16-17H,3-5,8-11H2. The number of sulfonamides is 1. The zero-order valence-electron chi connectivity index (χ0n) is 11.5. The second-order valence-corrected chi connectivity index (χ2v) is 7.35. The van der Waals surface area contributed by atoms with E-state index in [1.54, 1.807) is 6.20 Å². The summed E-state index contributed by atoms with van der Waals surface area (Å²) in [6, 6.07) is 5.60. The first kappa shape index (κ1) is 15.4. The van der Waals surface area contributed by atoms with Crippen LogP contribution in [0.2, 0.25) is 0 Å². The molecule has 5 nitrogen and oxygen atoms in total. The summed E-state index contributed by atoms with van der Waals surface area (Å²) < 4.78 is 26.4. The van der Waals surface area contributed by atoms with Gasteiger partial charge in [-0.2, -0.15) is 0 Å². The first-order valence-electron chi connectivity index (χ1n) is 7.07. The Hall–Kier alpha value is -0.980. The maximum absolute atomic E-state index is 11.9. The SMILES string of the molecule is O=S(=O)(CC1CCC1)NCC(CO)Cc1ccccn1.